The van der Waals surface area contributed by atoms with E-state index in [2.05, 4.69) is 22.5 Å². The number of amides is 1. The minimum absolute atomic E-state index is 0.259. The summed E-state index contributed by atoms with van der Waals surface area (Å²) < 4.78 is 11.0. The van der Waals surface area contributed by atoms with Gasteiger partial charge in [-0.2, -0.15) is 0 Å². The van der Waals surface area contributed by atoms with E-state index in [1.807, 2.05) is 6.07 Å². The molecule has 0 radical (unpaired) electrons. The lowest BCUT2D eigenvalue weighted by Crippen LogP contribution is -2.17. The van der Waals surface area contributed by atoms with Gasteiger partial charge >= 0.3 is 0 Å². The Kier molecular flexibility index (Phi) is 5.15. The summed E-state index contributed by atoms with van der Waals surface area (Å²) in [6.45, 7) is 4.07. The summed E-state index contributed by atoms with van der Waals surface area (Å²) >= 11 is 0. The second-order valence-electron chi connectivity index (χ2n) is 5.52. The van der Waals surface area contributed by atoms with Gasteiger partial charge < -0.3 is 20.1 Å². The number of ether oxygens (including phenoxy) is 2. The zero-order chi connectivity index (χ0) is 16.8. The molecule has 0 bridgehead atoms. The summed E-state index contributed by atoms with van der Waals surface area (Å²) in [6, 6.07) is 8.95. The number of carbonyl (C=O) groups is 1. The van der Waals surface area contributed by atoms with Crippen LogP contribution in [-0.4, -0.2) is 30.6 Å². The first kappa shape index (κ1) is 16.1. The summed E-state index contributed by atoms with van der Waals surface area (Å²) in [5.74, 6) is 1.08. The molecule has 1 aliphatic heterocycles. The maximum absolute atomic E-state index is 12.4. The topological polar surface area (TPSA) is 72.5 Å². The van der Waals surface area contributed by atoms with Crippen molar-refractivity contribution in [2.75, 3.05) is 30.4 Å². The normalized spacial score (nSPS) is 12.5. The number of aromatic nitrogens is 1. The molecule has 2 N–H and O–H groups in total. The average molecular weight is 327 g/mol. The van der Waals surface area contributed by atoms with Crippen molar-refractivity contribution in [3.05, 3.63) is 42.2 Å². The lowest BCUT2D eigenvalue weighted by atomic mass is 10.2. The molecule has 0 spiro atoms. The molecule has 1 aromatic heterocycles. The van der Waals surface area contributed by atoms with Gasteiger partial charge in [-0.05, 0) is 30.7 Å². The summed E-state index contributed by atoms with van der Waals surface area (Å²) in [6.07, 6.45) is 3.84. The number of anilines is 2. The Labute approximate surface area is 141 Å². The summed E-state index contributed by atoms with van der Waals surface area (Å²) in [5.41, 5.74) is 1.91. The largest absolute Gasteiger partial charge is 0.486 e. The standard InChI is InChI=1S/C18H21N3O3/c1-2-3-7-19-13-6-8-20-15(11-13)18(22)21-14-4-5-16-17(12-14)24-10-9-23-16/h4-6,8,11-12H,2-3,7,9-10H2,1H3,(H,19,20)(H,21,22). The van der Waals surface area contributed by atoms with E-state index in [4.69, 9.17) is 9.47 Å². The lowest BCUT2D eigenvalue weighted by molar-refractivity contribution is 0.102. The molecular formula is C18H21N3O3. The maximum atomic E-state index is 12.4. The Bertz CT molecular complexity index is 718. The fraction of sp³-hybridized carbons (Fsp3) is 0.333. The van der Waals surface area contributed by atoms with E-state index in [1.165, 1.54) is 0 Å². The van der Waals surface area contributed by atoms with Gasteiger partial charge in [0.2, 0.25) is 0 Å². The number of carbonyl (C=O) groups excluding carboxylic acids is 1. The minimum Gasteiger partial charge on any atom is -0.486 e. The van der Waals surface area contributed by atoms with Crippen LogP contribution in [0.1, 0.15) is 30.3 Å². The molecule has 1 aromatic carbocycles. The highest BCUT2D eigenvalue weighted by Gasteiger charge is 2.14. The second kappa shape index (κ2) is 7.68. The van der Waals surface area contributed by atoms with Gasteiger partial charge in [0.05, 0.1) is 0 Å². The van der Waals surface area contributed by atoms with Gasteiger partial charge in [0.1, 0.15) is 18.9 Å². The Morgan fingerprint density at radius 2 is 1.96 bits per heavy atom. The third-order valence-corrected chi connectivity index (χ3v) is 3.65. The van der Waals surface area contributed by atoms with Crippen LogP contribution in [0.5, 0.6) is 11.5 Å². The molecule has 6 heteroatoms. The number of nitrogens with one attached hydrogen (secondary N) is 2. The van der Waals surface area contributed by atoms with Gasteiger partial charge in [-0.25, -0.2) is 0 Å². The van der Waals surface area contributed by atoms with Crippen LogP contribution >= 0.6 is 0 Å². The summed E-state index contributed by atoms with van der Waals surface area (Å²) in [5, 5.41) is 6.13. The van der Waals surface area contributed by atoms with Crippen LogP contribution in [0.2, 0.25) is 0 Å². The highest BCUT2D eigenvalue weighted by atomic mass is 16.6. The van der Waals surface area contributed by atoms with Crippen molar-refractivity contribution in [1.82, 2.24) is 4.98 Å². The molecule has 6 nitrogen and oxygen atoms in total. The number of rotatable bonds is 6. The molecule has 0 unspecified atom stereocenters. The third-order valence-electron chi connectivity index (χ3n) is 3.65. The van der Waals surface area contributed by atoms with Crippen LogP contribution in [0.25, 0.3) is 0 Å². The van der Waals surface area contributed by atoms with Crippen LogP contribution in [0.3, 0.4) is 0 Å². The van der Waals surface area contributed by atoms with E-state index >= 15 is 0 Å². The van der Waals surface area contributed by atoms with E-state index in [9.17, 15) is 4.79 Å². The van der Waals surface area contributed by atoms with Crippen molar-refractivity contribution >= 4 is 17.3 Å². The second-order valence-corrected chi connectivity index (χ2v) is 5.52. The Morgan fingerprint density at radius 3 is 2.79 bits per heavy atom. The van der Waals surface area contributed by atoms with Crippen molar-refractivity contribution in [2.45, 2.75) is 19.8 Å². The average Bonchev–Trinajstić information content (AvgIpc) is 2.62. The van der Waals surface area contributed by atoms with Gasteiger partial charge in [-0.15, -0.1) is 0 Å². The highest BCUT2D eigenvalue weighted by Crippen LogP contribution is 2.32. The first-order chi connectivity index (χ1) is 11.8. The van der Waals surface area contributed by atoms with Crippen molar-refractivity contribution in [3.8, 4) is 11.5 Å². The third kappa shape index (κ3) is 3.95. The van der Waals surface area contributed by atoms with Gasteiger partial charge in [0.15, 0.2) is 11.5 Å². The summed E-state index contributed by atoms with van der Waals surface area (Å²) in [4.78, 5) is 16.5. The minimum atomic E-state index is -0.259. The van der Waals surface area contributed by atoms with E-state index < -0.39 is 0 Å². The number of nitrogens with zero attached hydrogens (tertiary/aromatic N) is 1. The van der Waals surface area contributed by atoms with E-state index in [0.29, 0.717) is 36.1 Å². The van der Waals surface area contributed by atoms with Crippen molar-refractivity contribution in [3.63, 3.8) is 0 Å². The highest BCUT2D eigenvalue weighted by molar-refractivity contribution is 6.03. The lowest BCUT2D eigenvalue weighted by Gasteiger charge is -2.19. The fourth-order valence-electron chi connectivity index (χ4n) is 2.39. The van der Waals surface area contributed by atoms with Crippen LogP contribution in [0.15, 0.2) is 36.5 Å². The van der Waals surface area contributed by atoms with Crippen LogP contribution in [0.4, 0.5) is 11.4 Å². The van der Waals surface area contributed by atoms with Crippen LogP contribution in [0, 0.1) is 0 Å². The number of hydrogen-bond acceptors (Lipinski definition) is 5. The van der Waals surface area contributed by atoms with Crippen molar-refractivity contribution in [1.29, 1.82) is 0 Å². The molecule has 0 saturated heterocycles. The van der Waals surface area contributed by atoms with Crippen LogP contribution < -0.4 is 20.1 Å². The molecule has 0 atom stereocenters. The van der Waals surface area contributed by atoms with Gasteiger partial charge in [0, 0.05) is 30.2 Å². The molecule has 0 saturated carbocycles. The molecule has 0 aliphatic carbocycles. The van der Waals surface area contributed by atoms with Crippen molar-refractivity contribution in [2.24, 2.45) is 0 Å². The van der Waals surface area contributed by atoms with Crippen LogP contribution in [-0.2, 0) is 0 Å². The van der Waals surface area contributed by atoms with Gasteiger partial charge in [-0.1, -0.05) is 13.3 Å². The number of pyridine rings is 1. The monoisotopic (exact) mass is 327 g/mol. The zero-order valence-electron chi connectivity index (χ0n) is 13.7. The maximum Gasteiger partial charge on any atom is 0.274 e. The molecular weight excluding hydrogens is 306 g/mol. The van der Waals surface area contributed by atoms with Crippen molar-refractivity contribution < 1.29 is 14.3 Å². The number of hydrogen-bond donors (Lipinski definition) is 2. The molecule has 1 aliphatic rings. The molecule has 24 heavy (non-hydrogen) atoms. The Balaban J connectivity index is 1.67. The molecule has 2 heterocycles. The number of benzene rings is 1. The van der Waals surface area contributed by atoms with E-state index in [-0.39, 0.29) is 5.91 Å². The molecule has 3 rings (SSSR count). The van der Waals surface area contributed by atoms with Gasteiger partial charge in [-0.3, -0.25) is 9.78 Å². The smallest absolute Gasteiger partial charge is 0.274 e. The predicted molar refractivity (Wildman–Crippen MR) is 93.0 cm³/mol. The van der Waals surface area contributed by atoms with E-state index in [0.717, 1.165) is 25.1 Å². The Morgan fingerprint density at radius 1 is 1.12 bits per heavy atom. The predicted octanol–water partition coefficient (Wildman–Crippen LogP) is 3.32. The SMILES string of the molecule is CCCCNc1ccnc(C(=O)Nc2ccc3c(c2)OCCO3)c1. The summed E-state index contributed by atoms with van der Waals surface area (Å²) in [7, 11) is 0. The molecule has 0 fully saturated rings. The van der Waals surface area contributed by atoms with Gasteiger partial charge in [0.25, 0.3) is 5.91 Å². The Hall–Kier alpha value is -2.76. The van der Waals surface area contributed by atoms with E-state index in [1.54, 1.807) is 30.5 Å². The first-order valence-electron chi connectivity index (χ1n) is 8.17. The zero-order valence-corrected chi connectivity index (χ0v) is 13.7. The first-order valence-corrected chi connectivity index (χ1v) is 8.17. The molecule has 126 valence electrons. The quantitative estimate of drug-likeness (QED) is 0.796. The molecule has 2 aromatic rings. The number of fused-ring (bicyclic) bond motifs is 1. The molecule has 1 amide bonds. The number of unbranched alkanes of at least 4 members (excludes halogenated alkanes) is 1. The fourth-order valence-corrected chi connectivity index (χ4v) is 2.39.